The van der Waals surface area contributed by atoms with Crippen LogP contribution in [-0.2, 0) is 28.6 Å². The van der Waals surface area contributed by atoms with Crippen molar-refractivity contribution in [1.82, 2.24) is 0 Å². The number of hydrogen-bond donors (Lipinski definition) is 0. The fourth-order valence-corrected chi connectivity index (χ4v) is 8.60. The van der Waals surface area contributed by atoms with Crippen molar-refractivity contribution in [3.05, 3.63) is 85.1 Å². The van der Waals surface area contributed by atoms with E-state index < -0.39 is 6.10 Å². The minimum absolute atomic E-state index is 0.0727. The number of ether oxygens (including phenoxy) is 3. The van der Waals surface area contributed by atoms with Crippen LogP contribution in [0, 0.1) is 0 Å². The largest absolute Gasteiger partial charge is 0.462 e. The maximum Gasteiger partial charge on any atom is 0.306 e. The molecule has 0 aliphatic carbocycles. The Morgan fingerprint density at radius 3 is 0.847 bits per heavy atom. The van der Waals surface area contributed by atoms with Crippen LogP contribution in [0.1, 0.15) is 297 Å². The molecule has 0 N–H and O–H groups in total. The first-order chi connectivity index (χ1) is 35.5. The molecule has 0 saturated carbocycles. The van der Waals surface area contributed by atoms with Gasteiger partial charge in [-0.1, -0.05) is 286 Å². The van der Waals surface area contributed by atoms with Gasteiger partial charge in [-0.15, -0.1) is 0 Å². The minimum Gasteiger partial charge on any atom is -0.462 e. The van der Waals surface area contributed by atoms with Crippen LogP contribution in [0.2, 0.25) is 0 Å². The van der Waals surface area contributed by atoms with E-state index in [-0.39, 0.29) is 31.1 Å². The molecule has 0 aliphatic rings. The Morgan fingerprint density at radius 1 is 0.292 bits per heavy atom. The van der Waals surface area contributed by atoms with Gasteiger partial charge in [-0.3, -0.25) is 14.4 Å². The zero-order valence-electron chi connectivity index (χ0n) is 47.4. The summed E-state index contributed by atoms with van der Waals surface area (Å²) in [4.78, 5) is 37.8. The lowest BCUT2D eigenvalue weighted by molar-refractivity contribution is -0.167. The van der Waals surface area contributed by atoms with Crippen molar-refractivity contribution in [2.24, 2.45) is 0 Å². The van der Waals surface area contributed by atoms with Crippen LogP contribution >= 0.6 is 0 Å². The van der Waals surface area contributed by atoms with Gasteiger partial charge in [-0.25, -0.2) is 0 Å². The summed E-state index contributed by atoms with van der Waals surface area (Å²) in [6, 6.07) is 0. The highest BCUT2D eigenvalue weighted by molar-refractivity contribution is 5.71. The molecule has 0 aliphatic heterocycles. The van der Waals surface area contributed by atoms with Gasteiger partial charge in [-0.2, -0.15) is 0 Å². The zero-order chi connectivity index (χ0) is 52.2. The van der Waals surface area contributed by atoms with Crippen LogP contribution in [-0.4, -0.2) is 37.2 Å². The standard InChI is InChI=1S/C66H114O6/c1-4-7-10-13-15-17-19-21-23-24-25-26-27-28-29-30-31-32-33-34-35-36-37-38-39-40-41-42-43-45-46-48-50-53-56-59-65(68)71-62-63(61-70-64(67)58-55-52-12-9-6-3)72-66(69)60-57-54-51-49-47-44-22-20-18-16-14-11-8-5-2/h7,10,15,17,21,23,25-26,28-29,31-32,34-35,63H,4-6,8-9,11-14,16,18-20,22,24,27,30,33,36-62H2,1-3H3/b10-7-,17-15-,23-21-,26-25-,29-28-,32-31-,35-34-. The van der Waals surface area contributed by atoms with Crippen LogP contribution in [0.4, 0.5) is 0 Å². The second-order valence-corrected chi connectivity index (χ2v) is 20.2. The normalized spacial score (nSPS) is 12.7. The van der Waals surface area contributed by atoms with Crippen molar-refractivity contribution < 1.29 is 28.6 Å². The third-order valence-corrected chi connectivity index (χ3v) is 13.2. The number of allylic oxidation sites excluding steroid dienone is 14. The highest BCUT2D eigenvalue weighted by Crippen LogP contribution is 2.16. The molecule has 0 aromatic rings. The Morgan fingerprint density at radius 2 is 0.542 bits per heavy atom. The van der Waals surface area contributed by atoms with Crippen LogP contribution in [0.25, 0.3) is 0 Å². The first kappa shape index (κ1) is 68.6. The summed E-state index contributed by atoms with van der Waals surface area (Å²) in [6.07, 6.45) is 79.3. The molecular weight excluding hydrogens is 889 g/mol. The second kappa shape index (κ2) is 60.1. The predicted octanol–water partition coefficient (Wildman–Crippen LogP) is 20.7. The van der Waals surface area contributed by atoms with E-state index in [0.717, 1.165) is 109 Å². The molecule has 6 nitrogen and oxygen atoms in total. The molecule has 1 unspecified atom stereocenters. The van der Waals surface area contributed by atoms with E-state index in [1.165, 1.54) is 148 Å². The lowest BCUT2D eigenvalue weighted by Crippen LogP contribution is -2.30. The van der Waals surface area contributed by atoms with Gasteiger partial charge in [-0.05, 0) is 77.0 Å². The number of hydrogen-bond acceptors (Lipinski definition) is 6. The van der Waals surface area contributed by atoms with E-state index in [1.807, 2.05) is 0 Å². The van der Waals surface area contributed by atoms with Crippen molar-refractivity contribution in [2.75, 3.05) is 13.2 Å². The Kier molecular flexibility index (Phi) is 57.3. The van der Waals surface area contributed by atoms with Gasteiger partial charge in [0.05, 0.1) is 0 Å². The molecule has 6 heteroatoms. The topological polar surface area (TPSA) is 78.9 Å². The van der Waals surface area contributed by atoms with E-state index in [2.05, 4.69) is 106 Å². The Labute approximate surface area is 445 Å². The number of carbonyl (C=O) groups excluding carboxylic acids is 3. The molecule has 414 valence electrons. The summed E-state index contributed by atoms with van der Waals surface area (Å²) in [5.74, 6) is -0.878. The van der Waals surface area contributed by atoms with Crippen molar-refractivity contribution in [1.29, 1.82) is 0 Å². The van der Waals surface area contributed by atoms with Crippen molar-refractivity contribution in [3.63, 3.8) is 0 Å². The maximum absolute atomic E-state index is 12.8. The van der Waals surface area contributed by atoms with Crippen LogP contribution < -0.4 is 0 Å². The Hall–Kier alpha value is -3.41. The molecule has 0 saturated heterocycles. The van der Waals surface area contributed by atoms with Crippen LogP contribution in [0.5, 0.6) is 0 Å². The molecule has 0 aromatic carbocycles. The van der Waals surface area contributed by atoms with Gasteiger partial charge in [0.1, 0.15) is 13.2 Å². The molecule has 0 bridgehead atoms. The van der Waals surface area contributed by atoms with Gasteiger partial charge in [0.2, 0.25) is 0 Å². The number of rotatable bonds is 55. The third-order valence-electron chi connectivity index (χ3n) is 13.2. The van der Waals surface area contributed by atoms with Crippen LogP contribution in [0.15, 0.2) is 85.1 Å². The van der Waals surface area contributed by atoms with Gasteiger partial charge in [0.25, 0.3) is 0 Å². The van der Waals surface area contributed by atoms with E-state index in [0.29, 0.717) is 19.3 Å². The number of unbranched alkanes of at least 4 members (excludes halogenated alkanes) is 30. The van der Waals surface area contributed by atoms with Crippen molar-refractivity contribution in [2.45, 2.75) is 303 Å². The smallest absolute Gasteiger partial charge is 0.306 e. The monoisotopic (exact) mass is 1000 g/mol. The number of carbonyl (C=O) groups is 3. The highest BCUT2D eigenvalue weighted by Gasteiger charge is 2.19. The van der Waals surface area contributed by atoms with Gasteiger partial charge < -0.3 is 14.2 Å². The molecular formula is C66H114O6. The summed E-state index contributed by atoms with van der Waals surface area (Å²) in [5.41, 5.74) is 0. The average molecular weight is 1000 g/mol. The van der Waals surface area contributed by atoms with Gasteiger partial charge in [0, 0.05) is 19.3 Å². The van der Waals surface area contributed by atoms with E-state index in [9.17, 15) is 14.4 Å². The molecule has 0 fully saturated rings. The molecule has 0 rings (SSSR count). The molecule has 0 radical (unpaired) electrons. The van der Waals surface area contributed by atoms with Gasteiger partial charge in [0.15, 0.2) is 6.10 Å². The van der Waals surface area contributed by atoms with Crippen molar-refractivity contribution >= 4 is 17.9 Å². The number of esters is 3. The fraction of sp³-hybridized carbons (Fsp3) is 0.742. The summed E-state index contributed by atoms with van der Waals surface area (Å²) < 4.78 is 16.7. The molecule has 1 atom stereocenters. The lowest BCUT2D eigenvalue weighted by atomic mass is 10.0. The molecule has 0 heterocycles. The molecule has 0 amide bonds. The summed E-state index contributed by atoms with van der Waals surface area (Å²) in [7, 11) is 0. The summed E-state index contributed by atoms with van der Waals surface area (Å²) in [5, 5.41) is 0. The maximum atomic E-state index is 12.8. The third kappa shape index (κ3) is 57.5. The van der Waals surface area contributed by atoms with Crippen molar-refractivity contribution in [3.8, 4) is 0 Å². The minimum atomic E-state index is -0.768. The van der Waals surface area contributed by atoms with E-state index in [1.54, 1.807) is 0 Å². The fourth-order valence-electron chi connectivity index (χ4n) is 8.60. The molecule has 0 spiro atoms. The summed E-state index contributed by atoms with van der Waals surface area (Å²) in [6.45, 7) is 6.46. The Bertz CT molecular complexity index is 1380. The second-order valence-electron chi connectivity index (χ2n) is 20.2. The van der Waals surface area contributed by atoms with E-state index >= 15 is 0 Å². The van der Waals surface area contributed by atoms with Gasteiger partial charge >= 0.3 is 17.9 Å². The molecule has 72 heavy (non-hydrogen) atoms. The SMILES string of the molecule is CC/C=C\C/C=C\C/C=C\C/C=C\C/C=C\C/C=C\C/C=C\CCCCCCCCCCCCCCCC(=O)OCC(COC(=O)CCCCCCC)OC(=O)CCCCCCCCCCCCCCCC. The quantitative estimate of drug-likeness (QED) is 0.0261. The highest BCUT2D eigenvalue weighted by atomic mass is 16.6. The average Bonchev–Trinajstić information content (AvgIpc) is 3.38. The Balaban J connectivity index is 3.95. The lowest BCUT2D eigenvalue weighted by Gasteiger charge is -2.18. The first-order valence-electron chi connectivity index (χ1n) is 30.6. The zero-order valence-corrected chi connectivity index (χ0v) is 47.4. The molecule has 0 aromatic heterocycles. The van der Waals surface area contributed by atoms with Crippen LogP contribution in [0.3, 0.4) is 0 Å². The predicted molar refractivity (Wildman–Crippen MR) is 311 cm³/mol. The summed E-state index contributed by atoms with van der Waals surface area (Å²) >= 11 is 0. The van der Waals surface area contributed by atoms with E-state index in [4.69, 9.17) is 14.2 Å². The first-order valence-corrected chi connectivity index (χ1v) is 30.6.